The third kappa shape index (κ3) is 4.97. The van der Waals surface area contributed by atoms with Crippen molar-refractivity contribution in [3.05, 3.63) is 58.6 Å². The average Bonchev–Trinajstić information content (AvgIpc) is 2.71. The smallest absolute Gasteiger partial charge is 0.263 e. The van der Waals surface area contributed by atoms with E-state index in [0.29, 0.717) is 23.9 Å². The van der Waals surface area contributed by atoms with E-state index in [2.05, 4.69) is 5.32 Å². The minimum atomic E-state index is -0.730. The first-order chi connectivity index (χ1) is 13.5. The number of piperidine rings is 1. The number of carbonyl (C=O) groups is 2. The Balaban J connectivity index is 1.60. The summed E-state index contributed by atoms with van der Waals surface area (Å²) < 4.78 is 5.72. The Labute approximate surface area is 174 Å². The lowest BCUT2D eigenvalue weighted by molar-refractivity contribution is -0.140. The zero-order valence-corrected chi connectivity index (χ0v) is 17.0. The fourth-order valence-corrected chi connectivity index (χ4v) is 3.57. The fourth-order valence-electron chi connectivity index (χ4n) is 3.23. The van der Waals surface area contributed by atoms with E-state index in [1.165, 1.54) is 0 Å². The van der Waals surface area contributed by atoms with Crippen molar-refractivity contribution in [1.82, 2.24) is 4.90 Å². The molecule has 2 amide bonds. The quantitative estimate of drug-likeness (QED) is 0.766. The molecular weight excluding hydrogens is 399 g/mol. The van der Waals surface area contributed by atoms with E-state index in [4.69, 9.17) is 27.9 Å². The van der Waals surface area contributed by atoms with E-state index in [-0.39, 0.29) is 22.8 Å². The highest BCUT2D eigenvalue weighted by atomic mass is 35.5. The van der Waals surface area contributed by atoms with Gasteiger partial charge in [0.1, 0.15) is 10.8 Å². The number of ether oxygens (including phenoxy) is 1. The van der Waals surface area contributed by atoms with Gasteiger partial charge in [0.25, 0.3) is 5.91 Å². The summed E-state index contributed by atoms with van der Waals surface area (Å²) in [7, 11) is 0. The number of nitrogens with one attached hydrogen (secondary N) is 1. The van der Waals surface area contributed by atoms with Crippen molar-refractivity contribution in [1.29, 1.82) is 0 Å². The van der Waals surface area contributed by atoms with Crippen molar-refractivity contribution < 1.29 is 14.3 Å². The van der Waals surface area contributed by atoms with Gasteiger partial charge in [-0.25, -0.2) is 0 Å². The van der Waals surface area contributed by atoms with Gasteiger partial charge in [-0.15, -0.1) is 0 Å². The summed E-state index contributed by atoms with van der Waals surface area (Å²) in [5, 5.41) is 3.56. The van der Waals surface area contributed by atoms with Crippen LogP contribution in [0.15, 0.2) is 48.5 Å². The predicted octanol–water partition coefficient (Wildman–Crippen LogP) is 4.64. The number of amides is 2. The molecule has 0 saturated carbocycles. The number of anilines is 1. The monoisotopic (exact) mass is 420 g/mol. The molecular formula is C21H22Cl2N2O3. The van der Waals surface area contributed by atoms with Gasteiger partial charge >= 0.3 is 0 Å². The molecule has 148 valence electrons. The summed E-state index contributed by atoms with van der Waals surface area (Å²) in [6, 6.07) is 14.4. The molecule has 5 nitrogen and oxygen atoms in total. The second-order valence-corrected chi connectivity index (χ2v) is 7.58. The Hall–Kier alpha value is -2.24. The molecule has 1 aliphatic heterocycles. The maximum atomic E-state index is 12.8. The normalized spacial score (nSPS) is 17.7. The molecule has 2 aromatic rings. The number of para-hydroxylation sites is 1. The molecule has 1 heterocycles. The second-order valence-electron chi connectivity index (χ2n) is 6.79. The van der Waals surface area contributed by atoms with Crippen molar-refractivity contribution >= 4 is 40.7 Å². The molecule has 1 N–H and O–H groups in total. The van der Waals surface area contributed by atoms with Crippen LogP contribution in [0.1, 0.15) is 19.8 Å². The van der Waals surface area contributed by atoms with Crippen LogP contribution in [0.25, 0.3) is 0 Å². The summed E-state index contributed by atoms with van der Waals surface area (Å²) >= 11 is 12.1. The Bertz CT molecular complexity index is 845. The van der Waals surface area contributed by atoms with Crippen LogP contribution in [0.5, 0.6) is 5.75 Å². The molecule has 2 atom stereocenters. The Morgan fingerprint density at radius 1 is 1.14 bits per heavy atom. The molecule has 0 bridgehead atoms. The van der Waals surface area contributed by atoms with Crippen LogP contribution in [-0.4, -0.2) is 35.9 Å². The van der Waals surface area contributed by atoms with E-state index >= 15 is 0 Å². The van der Waals surface area contributed by atoms with Crippen LogP contribution in [0.2, 0.25) is 10.0 Å². The van der Waals surface area contributed by atoms with Gasteiger partial charge in [0.05, 0.1) is 10.9 Å². The Kier molecular flexibility index (Phi) is 6.81. The Morgan fingerprint density at radius 3 is 2.64 bits per heavy atom. The van der Waals surface area contributed by atoms with Gasteiger partial charge in [0.15, 0.2) is 6.10 Å². The average molecular weight is 421 g/mol. The van der Waals surface area contributed by atoms with Gasteiger partial charge in [0, 0.05) is 18.8 Å². The van der Waals surface area contributed by atoms with E-state index in [9.17, 15) is 9.59 Å². The van der Waals surface area contributed by atoms with Gasteiger partial charge in [0.2, 0.25) is 5.91 Å². The third-order valence-corrected chi connectivity index (χ3v) is 5.51. The molecule has 1 saturated heterocycles. The zero-order valence-electron chi connectivity index (χ0n) is 15.5. The third-order valence-electron chi connectivity index (χ3n) is 4.71. The molecule has 3 rings (SSSR count). The van der Waals surface area contributed by atoms with Crippen molar-refractivity contribution in [2.45, 2.75) is 25.9 Å². The molecule has 0 aromatic heterocycles. The molecule has 7 heteroatoms. The lowest BCUT2D eigenvalue weighted by atomic mass is 9.96. The van der Waals surface area contributed by atoms with Crippen LogP contribution in [0.4, 0.5) is 5.69 Å². The number of hydrogen-bond acceptors (Lipinski definition) is 3. The van der Waals surface area contributed by atoms with Crippen LogP contribution in [0, 0.1) is 5.92 Å². The summed E-state index contributed by atoms with van der Waals surface area (Å²) in [4.78, 5) is 27.1. The highest BCUT2D eigenvalue weighted by molar-refractivity contribution is 6.42. The number of benzene rings is 2. The summed E-state index contributed by atoms with van der Waals surface area (Å²) in [6.45, 7) is 2.65. The predicted molar refractivity (Wildman–Crippen MR) is 111 cm³/mol. The summed E-state index contributed by atoms with van der Waals surface area (Å²) in [5.41, 5.74) is 0.753. The van der Waals surface area contributed by atoms with E-state index in [0.717, 1.165) is 18.5 Å². The molecule has 1 aliphatic rings. The van der Waals surface area contributed by atoms with Gasteiger partial charge in [-0.3, -0.25) is 9.59 Å². The Morgan fingerprint density at radius 2 is 1.89 bits per heavy atom. The second kappa shape index (κ2) is 9.30. The number of hydrogen-bond donors (Lipinski definition) is 1. The number of carbonyl (C=O) groups excluding carboxylic acids is 2. The topological polar surface area (TPSA) is 58.6 Å². The molecule has 0 aliphatic carbocycles. The summed E-state index contributed by atoms with van der Waals surface area (Å²) in [5.74, 6) is -0.131. The SMILES string of the molecule is CC(Oc1cccc(Cl)c1Cl)C(=O)N1CCCC(C(=O)Nc2ccccc2)C1. The zero-order chi connectivity index (χ0) is 20.1. The molecule has 28 heavy (non-hydrogen) atoms. The lowest BCUT2D eigenvalue weighted by Gasteiger charge is -2.33. The van der Waals surface area contributed by atoms with Crippen molar-refractivity contribution in [3.8, 4) is 5.75 Å². The van der Waals surface area contributed by atoms with E-state index < -0.39 is 6.10 Å². The number of halogens is 2. The van der Waals surface area contributed by atoms with Crippen molar-refractivity contribution in [2.75, 3.05) is 18.4 Å². The standard InChI is InChI=1S/C21H22Cl2N2O3/c1-14(28-18-11-5-10-17(22)19(18)23)21(27)25-12-6-7-15(13-25)20(26)24-16-8-3-2-4-9-16/h2-5,8-11,14-15H,6-7,12-13H2,1H3,(H,24,26). The first-order valence-electron chi connectivity index (χ1n) is 9.21. The minimum absolute atomic E-state index is 0.0739. The number of likely N-dealkylation sites (tertiary alicyclic amines) is 1. The maximum Gasteiger partial charge on any atom is 0.263 e. The van der Waals surface area contributed by atoms with Gasteiger partial charge in [-0.05, 0) is 44.0 Å². The minimum Gasteiger partial charge on any atom is -0.479 e. The summed E-state index contributed by atoms with van der Waals surface area (Å²) in [6.07, 6.45) is 0.785. The van der Waals surface area contributed by atoms with Crippen molar-refractivity contribution in [2.24, 2.45) is 5.92 Å². The van der Waals surface area contributed by atoms with Crippen LogP contribution in [-0.2, 0) is 9.59 Å². The fraction of sp³-hybridized carbons (Fsp3) is 0.333. The number of nitrogens with zero attached hydrogens (tertiary/aromatic N) is 1. The molecule has 2 unspecified atom stereocenters. The largest absolute Gasteiger partial charge is 0.479 e. The molecule has 1 fully saturated rings. The highest BCUT2D eigenvalue weighted by Gasteiger charge is 2.31. The van der Waals surface area contributed by atoms with Gasteiger partial charge < -0.3 is 15.0 Å². The molecule has 2 aromatic carbocycles. The first kappa shape index (κ1) is 20.5. The first-order valence-corrected chi connectivity index (χ1v) is 9.96. The van der Waals surface area contributed by atoms with Crippen LogP contribution >= 0.6 is 23.2 Å². The molecule has 0 radical (unpaired) electrons. The van der Waals surface area contributed by atoms with Crippen LogP contribution < -0.4 is 10.1 Å². The van der Waals surface area contributed by atoms with Crippen LogP contribution in [0.3, 0.4) is 0 Å². The lowest BCUT2D eigenvalue weighted by Crippen LogP contribution is -2.48. The maximum absolute atomic E-state index is 12.8. The molecule has 0 spiro atoms. The van der Waals surface area contributed by atoms with Gasteiger partial charge in [-0.2, -0.15) is 0 Å². The number of rotatable bonds is 5. The van der Waals surface area contributed by atoms with E-state index in [1.807, 2.05) is 30.3 Å². The van der Waals surface area contributed by atoms with Gasteiger partial charge in [-0.1, -0.05) is 47.5 Å². The van der Waals surface area contributed by atoms with Crippen molar-refractivity contribution in [3.63, 3.8) is 0 Å². The van der Waals surface area contributed by atoms with E-state index in [1.54, 1.807) is 30.0 Å². The highest BCUT2D eigenvalue weighted by Crippen LogP contribution is 2.32.